The van der Waals surface area contributed by atoms with Gasteiger partial charge in [0.25, 0.3) is 0 Å². The van der Waals surface area contributed by atoms with E-state index in [0.717, 1.165) is 24.1 Å². The predicted molar refractivity (Wildman–Crippen MR) is 73.4 cm³/mol. The molecule has 0 saturated carbocycles. The number of hydrogen-bond donors (Lipinski definition) is 2. The van der Waals surface area contributed by atoms with Crippen LogP contribution in [0.2, 0.25) is 0 Å². The highest BCUT2D eigenvalue weighted by atomic mass is 32.1. The standard InChI is InChI=1S/C13H23N3S/c1-11-16-10-13(17-11)9-14-7-4-6-12-5-2-3-8-15-12/h10,12,14-15H,2-9H2,1H3. The molecule has 0 radical (unpaired) electrons. The van der Waals surface area contributed by atoms with Gasteiger partial charge in [0.15, 0.2) is 0 Å². The zero-order chi connectivity index (χ0) is 11.9. The first-order valence-corrected chi connectivity index (χ1v) is 7.51. The first-order chi connectivity index (χ1) is 8.34. The molecule has 17 heavy (non-hydrogen) atoms. The van der Waals surface area contributed by atoms with Crippen molar-refractivity contribution < 1.29 is 0 Å². The van der Waals surface area contributed by atoms with Gasteiger partial charge in [0.05, 0.1) is 5.01 Å². The number of nitrogens with one attached hydrogen (secondary N) is 2. The molecule has 4 heteroatoms. The monoisotopic (exact) mass is 253 g/mol. The second-order valence-electron chi connectivity index (χ2n) is 4.81. The van der Waals surface area contributed by atoms with Gasteiger partial charge in [-0.15, -0.1) is 11.3 Å². The topological polar surface area (TPSA) is 37.0 Å². The van der Waals surface area contributed by atoms with E-state index in [2.05, 4.69) is 22.5 Å². The Morgan fingerprint density at radius 2 is 2.47 bits per heavy atom. The Morgan fingerprint density at radius 1 is 1.53 bits per heavy atom. The smallest absolute Gasteiger partial charge is 0.0897 e. The molecule has 1 aromatic rings. The van der Waals surface area contributed by atoms with Crippen molar-refractivity contribution in [2.24, 2.45) is 0 Å². The Morgan fingerprint density at radius 3 is 3.18 bits per heavy atom. The number of hydrogen-bond acceptors (Lipinski definition) is 4. The van der Waals surface area contributed by atoms with Crippen LogP contribution in [-0.2, 0) is 6.54 Å². The summed E-state index contributed by atoms with van der Waals surface area (Å²) in [5, 5.41) is 8.25. The van der Waals surface area contributed by atoms with Gasteiger partial charge in [-0.1, -0.05) is 6.42 Å². The van der Waals surface area contributed by atoms with Crippen molar-refractivity contribution in [3.05, 3.63) is 16.1 Å². The van der Waals surface area contributed by atoms with E-state index in [-0.39, 0.29) is 0 Å². The third-order valence-electron chi connectivity index (χ3n) is 3.29. The van der Waals surface area contributed by atoms with Gasteiger partial charge in [-0.2, -0.15) is 0 Å². The number of aromatic nitrogens is 1. The predicted octanol–water partition coefficient (Wildman–Crippen LogP) is 2.46. The van der Waals surface area contributed by atoms with Crippen LogP contribution in [-0.4, -0.2) is 24.1 Å². The maximum Gasteiger partial charge on any atom is 0.0897 e. The largest absolute Gasteiger partial charge is 0.314 e. The van der Waals surface area contributed by atoms with Gasteiger partial charge in [-0.25, -0.2) is 4.98 Å². The van der Waals surface area contributed by atoms with Crippen LogP contribution < -0.4 is 10.6 Å². The highest BCUT2D eigenvalue weighted by molar-refractivity contribution is 7.11. The molecule has 1 saturated heterocycles. The molecule has 2 rings (SSSR count). The quantitative estimate of drug-likeness (QED) is 0.765. The van der Waals surface area contributed by atoms with Gasteiger partial charge in [-0.05, 0) is 45.7 Å². The molecule has 0 bridgehead atoms. The fourth-order valence-corrected chi connectivity index (χ4v) is 3.11. The van der Waals surface area contributed by atoms with Gasteiger partial charge in [0.2, 0.25) is 0 Å². The lowest BCUT2D eigenvalue weighted by atomic mass is 10.0. The van der Waals surface area contributed by atoms with Crippen molar-refractivity contribution in [3.63, 3.8) is 0 Å². The van der Waals surface area contributed by atoms with Crippen molar-refractivity contribution >= 4 is 11.3 Å². The Bertz CT molecular complexity index is 318. The number of aryl methyl sites for hydroxylation is 1. The van der Waals surface area contributed by atoms with Crippen molar-refractivity contribution in [1.29, 1.82) is 0 Å². The van der Waals surface area contributed by atoms with Crippen molar-refractivity contribution in [2.75, 3.05) is 13.1 Å². The summed E-state index contributed by atoms with van der Waals surface area (Å²) in [6, 6.07) is 0.774. The highest BCUT2D eigenvalue weighted by Crippen LogP contribution is 2.12. The summed E-state index contributed by atoms with van der Waals surface area (Å²) in [6.07, 6.45) is 8.71. The fraction of sp³-hybridized carbons (Fsp3) is 0.769. The molecule has 1 fully saturated rings. The molecular weight excluding hydrogens is 230 g/mol. The van der Waals surface area contributed by atoms with Crippen LogP contribution in [0.4, 0.5) is 0 Å². The fourth-order valence-electron chi connectivity index (χ4n) is 2.34. The van der Waals surface area contributed by atoms with Crippen LogP contribution >= 0.6 is 11.3 Å². The molecule has 0 spiro atoms. The molecule has 3 nitrogen and oxygen atoms in total. The van der Waals surface area contributed by atoms with E-state index >= 15 is 0 Å². The molecule has 1 atom stereocenters. The Balaban J connectivity index is 1.51. The third kappa shape index (κ3) is 4.74. The lowest BCUT2D eigenvalue weighted by Gasteiger charge is -2.23. The van der Waals surface area contributed by atoms with E-state index in [1.807, 2.05) is 6.20 Å². The Kier molecular flexibility index (Phi) is 5.42. The molecule has 1 aliphatic heterocycles. The summed E-state index contributed by atoms with van der Waals surface area (Å²) in [7, 11) is 0. The van der Waals surface area contributed by atoms with Gasteiger partial charge < -0.3 is 10.6 Å². The van der Waals surface area contributed by atoms with E-state index in [1.165, 1.54) is 43.5 Å². The minimum absolute atomic E-state index is 0.774. The molecule has 96 valence electrons. The van der Waals surface area contributed by atoms with Crippen LogP contribution in [0.25, 0.3) is 0 Å². The average Bonchev–Trinajstić information content (AvgIpc) is 2.76. The second-order valence-corrected chi connectivity index (χ2v) is 6.13. The van der Waals surface area contributed by atoms with Crippen molar-refractivity contribution in [1.82, 2.24) is 15.6 Å². The van der Waals surface area contributed by atoms with E-state index in [9.17, 15) is 0 Å². The molecule has 0 aromatic carbocycles. The summed E-state index contributed by atoms with van der Waals surface area (Å²) in [4.78, 5) is 5.60. The molecule has 1 unspecified atom stereocenters. The molecule has 1 aliphatic rings. The minimum Gasteiger partial charge on any atom is -0.314 e. The van der Waals surface area contributed by atoms with Crippen LogP contribution in [0.15, 0.2) is 6.20 Å². The van der Waals surface area contributed by atoms with Crippen LogP contribution in [0.5, 0.6) is 0 Å². The molecule has 1 aromatic heterocycles. The molecule has 0 amide bonds. The van der Waals surface area contributed by atoms with Crippen molar-refractivity contribution in [3.8, 4) is 0 Å². The zero-order valence-electron chi connectivity index (χ0n) is 10.7. The Hall–Kier alpha value is -0.450. The third-order valence-corrected chi connectivity index (χ3v) is 4.20. The lowest BCUT2D eigenvalue weighted by molar-refractivity contribution is 0.373. The SMILES string of the molecule is Cc1ncc(CNCCCC2CCCCN2)s1. The van der Waals surface area contributed by atoms with Gasteiger partial charge in [0.1, 0.15) is 0 Å². The average molecular weight is 253 g/mol. The van der Waals surface area contributed by atoms with Gasteiger partial charge >= 0.3 is 0 Å². The number of thiazole rings is 1. The first kappa shape index (κ1) is 13.0. The van der Waals surface area contributed by atoms with Crippen LogP contribution in [0.3, 0.4) is 0 Å². The molecule has 0 aliphatic carbocycles. The summed E-state index contributed by atoms with van der Waals surface area (Å²) in [6.45, 7) is 5.37. The summed E-state index contributed by atoms with van der Waals surface area (Å²) < 4.78 is 0. The maximum absolute atomic E-state index is 4.26. The van der Waals surface area contributed by atoms with Gasteiger partial charge in [-0.3, -0.25) is 0 Å². The van der Waals surface area contributed by atoms with E-state index < -0.39 is 0 Å². The van der Waals surface area contributed by atoms with Gasteiger partial charge in [0, 0.05) is 23.7 Å². The van der Waals surface area contributed by atoms with Crippen LogP contribution in [0.1, 0.15) is 42.0 Å². The number of nitrogens with zero attached hydrogens (tertiary/aromatic N) is 1. The summed E-state index contributed by atoms with van der Waals surface area (Å²) in [5.41, 5.74) is 0. The summed E-state index contributed by atoms with van der Waals surface area (Å²) >= 11 is 1.79. The highest BCUT2D eigenvalue weighted by Gasteiger charge is 2.11. The van der Waals surface area contributed by atoms with Crippen molar-refractivity contribution in [2.45, 2.75) is 51.6 Å². The second kappa shape index (κ2) is 7.09. The molecular formula is C13H23N3S. The molecule has 2 heterocycles. The zero-order valence-corrected chi connectivity index (χ0v) is 11.5. The van der Waals surface area contributed by atoms with E-state index in [1.54, 1.807) is 11.3 Å². The maximum atomic E-state index is 4.26. The normalized spacial score (nSPS) is 20.6. The Labute approximate surface area is 108 Å². The molecule has 2 N–H and O–H groups in total. The lowest BCUT2D eigenvalue weighted by Crippen LogP contribution is -2.34. The number of piperidine rings is 1. The van der Waals surface area contributed by atoms with E-state index in [0.29, 0.717) is 0 Å². The minimum atomic E-state index is 0.774. The number of rotatable bonds is 6. The first-order valence-electron chi connectivity index (χ1n) is 6.70. The van der Waals surface area contributed by atoms with E-state index in [4.69, 9.17) is 0 Å². The summed E-state index contributed by atoms with van der Waals surface area (Å²) in [5.74, 6) is 0. The van der Waals surface area contributed by atoms with Crippen LogP contribution in [0, 0.1) is 6.92 Å².